The van der Waals surface area contributed by atoms with Gasteiger partial charge < -0.3 is 20.9 Å². The highest BCUT2D eigenvalue weighted by Crippen LogP contribution is 2.27. The summed E-state index contributed by atoms with van der Waals surface area (Å²) in [6, 6.07) is 13.2. The lowest BCUT2D eigenvalue weighted by atomic mass is 10.1. The number of carboxylic acid groups (broad SMARTS) is 1. The molecule has 30 heavy (non-hydrogen) atoms. The molecule has 3 rings (SSSR count). The monoisotopic (exact) mass is 425 g/mol. The third-order valence-corrected chi connectivity index (χ3v) is 5.25. The third-order valence-electron chi connectivity index (χ3n) is 4.22. The molecule has 9 heteroatoms. The van der Waals surface area contributed by atoms with E-state index in [1.807, 2.05) is 19.1 Å². The Balaban J connectivity index is 1.68. The number of aryl methyl sites for hydroxylation is 1. The molecular weight excluding hydrogens is 406 g/mol. The summed E-state index contributed by atoms with van der Waals surface area (Å²) in [5, 5.41) is 12.2. The fourth-order valence-corrected chi connectivity index (χ4v) is 3.67. The minimum atomic E-state index is -1.16. The molecule has 8 nitrogen and oxygen atoms in total. The van der Waals surface area contributed by atoms with Crippen LogP contribution in [0, 0.1) is 6.92 Å². The van der Waals surface area contributed by atoms with E-state index in [-0.39, 0.29) is 22.9 Å². The van der Waals surface area contributed by atoms with Crippen molar-refractivity contribution in [1.82, 2.24) is 4.98 Å². The zero-order chi connectivity index (χ0) is 21.7. The van der Waals surface area contributed by atoms with Gasteiger partial charge in [0.2, 0.25) is 0 Å². The number of ether oxygens (including phenoxy) is 1. The zero-order valence-electron chi connectivity index (χ0n) is 16.0. The van der Waals surface area contributed by atoms with Gasteiger partial charge in [-0.25, -0.2) is 9.78 Å². The molecule has 0 aliphatic rings. The first-order chi connectivity index (χ1) is 14.4. The van der Waals surface area contributed by atoms with Gasteiger partial charge in [-0.2, -0.15) is 0 Å². The van der Waals surface area contributed by atoms with Crippen LogP contribution < -0.4 is 15.8 Å². The summed E-state index contributed by atoms with van der Waals surface area (Å²) in [5.74, 6) is -2.20. The number of nitrogens with two attached hydrogens (primary N) is 1. The number of esters is 1. The van der Waals surface area contributed by atoms with Crippen molar-refractivity contribution in [3.8, 4) is 5.19 Å². The standard InChI is InChI=1S/C21H19N3O5S/c1-12-17(30-21(23-12)29-18(25)11-22)10-13-6-8-14(9-7-13)24-19(26)15-4-2-3-5-16(15)20(27)28/h2-9H,10-11,22H2,1H3,(H,24,26)(H,27,28). The summed E-state index contributed by atoms with van der Waals surface area (Å²) in [6.07, 6.45) is 0.583. The van der Waals surface area contributed by atoms with Crippen LogP contribution in [0.25, 0.3) is 0 Å². The van der Waals surface area contributed by atoms with Crippen LogP contribution in [0.2, 0.25) is 0 Å². The van der Waals surface area contributed by atoms with Crippen LogP contribution >= 0.6 is 11.3 Å². The number of hydrogen-bond acceptors (Lipinski definition) is 7. The van der Waals surface area contributed by atoms with Gasteiger partial charge in [-0.05, 0) is 36.8 Å². The summed E-state index contributed by atoms with van der Waals surface area (Å²) in [7, 11) is 0. The van der Waals surface area contributed by atoms with Crippen molar-refractivity contribution in [2.24, 2.45) is 5.73 Å². The van der Waals surface area contributed by atoms with Crippen molar-refractivity contribution in [2.45, 2.75) is 13.3 Å². The van der Waals surface area contributed by atoms with Crippen molar-refractivity contribution >= 4 is 34.9 Å². The number of carbonyl (C=O) groups excluding carboxylic acids is 2. The molecule has 0 saturated heterocycles. The molecule has 0 saturated carbocycles. The van der Waals surface area contributed by atoms with Crippen LogP contribution in [0.1, 0.15) is 36.9 Å². The fraction of sp³-hybridized carbons (Fsp3) is 0.143. The van der Waals surface area contributed by atoms with E-state index in [2.05, 4.69) is 10.3 Å². The Labute approximate surface area is 176 Å². The second-order valence-electron chi connectivity index (χ2n) is 6.35. The number of nitrogens with zero attached hydrogens (tertiary/aromatic N) is 1. The number of thiazole rings is 1. The van der Waals surface area contributed by atoms with Crippen molar-refractivity contribution in [1.29, 1.82) is 0 Å². The Hall–Kier alpha value is -3.56. The quantitative estimate of drug-likeness (QED) is 0.496. The Kier molecular flexibility index (Phi) is 6.55. The van der Waals surface area contributed by atoms with Crippen LogP contribution in [0.3, 0.4) is 0 Å². The maximum atomic E-state index is 12.4. The molecule has 154 valence electrons. The zero-order valence-corrected chi connectivity index (χ0v) is 16.9. The van der Waals surface area contributed by atoms with Crippen LogP contribution in [0.15, 0.2) is 48.5 Å². The van der Waals surface area contributed by atoms with Gasteiger partial charge in [-0.15, -0.1) is 0 Å². The molecule has 4 N–H and O–H groups in total. The predicted molar refractivity (Wildman–Crippen MR) is 112 cm³/mol. The second kappa shape index (κ2) is 9.29. The summed E-state index contributed by atoms with van der Waals surface area (Å²) >= 11 is 1.28. The molecule has 3 aromatic rings. The number of nitrogens with one attached hydrogen (secondary N) is 1. The number of benzene rings is 2. The molecule has 0 bridgehead atoms. The van der Waals surface area contributed by atoms with E-state index in [4.69, 9.17) is 10.5 Å². The molecule has 0 unspecified atom stereocenters. The van der Waals surface area contributed by atoms with E-state index in [0.29, 0.717) is 12.1 Å². The van der Waals surface area contributed by atoms with Gasteiger partial charge in [0.15, 0.2) is 0 Å². The molecule has 1 amide bonds. The highest BCUT2D eigenvalue weighted by Gasteiger charge is 2.16. The van der Waals surface area contributed by atoms with Crippen molar-refractivity contribution in [3.05, 3.63) is 75.8 Å². The van der Waals surface area contributed by atoms with E-state index in [0.717, 1.165) is 16.1 Å². The normalized spacial score (nSPS) is 10.5. The number of rotatable bonds is 7. The number of carbonyl (C=O) groups is 3. The van der Waals surface area contributed by atoms with Crippen molar-refractivity contribution < 1.29 is 24.2 Å². The topological polar surface area (TPSA) is 132 Å². The lowest BCUT2D eigenvalue weighted by molar-refractivity contribution is -0.132. The first-order valence-corrected chi connectivity index (χ1v) is 9.78. The number of carboxylic acids is 1. The molecule has 0 spiro atoms. The van der Waals surface area contributed by atoms with Crippen LogP contribution in [0.5, 0.6) is 5.19 Å². The number of aromatic nitrogens is 1. The molecule has 1 aromatic heterocycles. The van der Waals surface area contributed by atoms with Crippen LogP contribution in [-0.4, -0.2) is 34.5 Å². The number of hydrogen-bond donors (Lipinski definition) is 3. The van der Waals surface area contributed by atoms with Crippen LogP contribution in [-0.2, 0) is 11.2 Å². The summed E-state index contributed by atoms with van der Waals surface area (Å²) in [4.78, 5) is 40.2. The predicted octanol–water partition coefficient (Wildman–Crippen LogP) is 2.86. The summed E-state index contributed by atoms with van der Waals surface area (Å²) in [5.41, 5.74) is 7.56. The molecule has 1 heterocycles. The largest absolute Gasteiger partial charge is 0.478 e. The Morgan fingerprint density at radius 1 is 1.10 bits per heavy atom. The molecule has 0 atom stereocenters. The fourth-order valence-electron chi connectivity index (χ4n) is 2.71. The minimum absolute atomic E-state index is 0.0570. The van der Waals surface area contributed by atoms with E-state index in [1.165, 1.54) is 23.5 Å². The lowest BCUT2D eigenvalue weighted by Gasteiger charge is -2.08. The second-order valence-corrected chi connectivity index (χ2v) is 7.39. The van der Waals surface area contributed by atoms with E-state index >= 15 is 0 Å². The average molecular weight is 425 g/mol. The number of amides is 1. The average Bonchev–Trinajstić information content (AvgIpc) is 3.07. The Morgan fingerprint density at radius 3 is 2.40 bits per heavy atom. The molecule has 2 aromatic carbocycles. The van der Waals surface area contributed by atoms with Gasteiger partial charge in [-0.3, -0.25) is 9.59 Å². The highest BCUT2D eigenvalue weighted by atomic mass is 32.1. The SMILES string of the molecule is Cc1nc(OC(=O)CN)sc1Cc1ccc(NC(=O)c2ccccc2C(=O)O)cc1. The van der Waals surface area contributed by atoms with Gasteiger partial charge in [-0.1, -0.05) is 35.6 Å². The first-order valence-electron chi connectivity index (χ1n) is 8.97. The van der Waals surface area contributed by atoms with E-state index < -0.39 is 17.8 Å². The lowest BCUT2D eigenvalue weighted by Crippen LogP contribution is -2.19. The van der Waals surface area contributed by atoms with Crippen LogP contribution in [0.4, 0.5) is 5.69 Å². The highest BCUT2D eigenvalue weighted by molar-refractivity contribution is 7.13. The summed E-state index contributed by atoms with van der Waals surface area (Å²) in [6.45, 7) is 1.62. The summed E-state index contributed by atoms with van der Waals surface area (Å²) < 4.78 is 5.05. The van der Waals surface area contributed by atoms with Gasteiger partial charge >= 0.3 is 11.9 Å². The maximum Gasteiger partial charge on any atom is 0.336 e. The third kappa shape index (κ3) is 5.07. The first kappa shape index (κ1) is 21.2. The van der Waals surface area contributed by atoms with E-state index in [1.54, 1.807) is 24.3 Å². The van der Waals surface area contributed by atoms with Gasteiger partial charge in [0.25, 0.3) is 11.1 Å². The number of anilines is 1. The minimum Gasteiger partial charge on any atom is -0.478 e. The van der Waals surface area contributed by atoms with E-state index in [9.17, 15) is 19.5 Å². The smallest absolute Gasteiger partial charge is 0.336 e. The Bertz CT molecular complexity index is 1090. The molecular formula is C21H19N3O5S. The number of aromatic carboxylic acids is 1. The van der Waals surface area contributed by atoms with Gasteiger partial charge in [0.1, 0.15) is 0 Å². The Morgan fingerprint density at radius 2 is 1.77 bits per heavy atom. The van der Waals surface area contributed by atoms with Crippen molar-refractivity contribution in [3.63, 3.8) is 0 Å². The molecule has 0 fully saturated rings. The molecule has 0 radical (unpaired) electrons. The maximum absolute atomic E-state index is 12.4. The van der Waals surface area contributed by atoms with Gasteiger partial charge in [0.05, 0.1) is 23.4 Å². The van der Waals surface area contributed by atoms with Crippen molar-refractivity contribution in [2.75, 3.05) is 11.9 Å². The van der Waals surface area contributed by atoms with Gasteiger partial charge in [0, 0.05) is 17.0 Å². The molecule has 0 aliphatic carbocycles. The molecule has 0 aliphatic heterocycles.